The Labute approximate surface area is 166 Å². The minimum absolute atomic E-state index is 0.112. The predicted octanol–water partition coefficient (Wildman–Crippen LogP) is 3.97. The predicted molar refractivity (Wildman–Crippen MR) is 111 cm³/mol. The minimum atomic E-state index is -0.112. The molecule has 1 N–H and O–H groups in total. The SMILES string of the molecule is Cc1ccc(OCCNC(=O)c2c(C)nn(Cc3ccccc3)c2C)c(C)c1. The number of nitrogens with zero attached hydrogens (tertiary/aromatic N) is 2. The van der Waals surface area contributed by atoms with Crippen molar-refractivity contribution in [2.24, 2.45) is 0 Å². The molecule has 0 radical (unpaired) electrons. The molecule has 0 aliphatic heterocycles. The lowest BCUT2D eigenvalue weighted by Gasteiger charge is -2.11. The van der Waals surface area contributed by atoms with Gasteiger partial charge in [0.2, 0.25) is 0 Å². The van der Waals surface area contributed by atoms with Crippen LogP contribution in [-0.4, -0.2) is 28.8 Å². The Morgan fingerprint density at radius 3 is 2.54 bits per heavy atom. The number of carbonyl (C=O) groups is 1. The van der Waals surface area contributed by atoms with E-state index in [0.29, 0.717) is 25.3 Å². The molecule has 0 unspecified atom stereocenters. The fourth-order valence-corrected chi connectivity index (χ4v) is 3.31. The molecule has 28 heavy (non-hydrogen) atoms. The molecular weight excluding hydrogens is 350 g/mol. The van der Waals surface area contributed by atoms with Gasteiger partial charge in [0.05, 0.1) is 24.3 Å². The number of aromatic nitrogens is 2. The third-order valence-corrected chi connectivity index (χ3v) is 4.76. The number of nitrogens with one attached hydrogen (secondary N) is 1. The van der Waals surface area contributed by atoms with E-state index in [4.69, 9.17) is 4.74 Å². The molecule has 0 saturated heterocycles. The summed E-state index contributed by atoms with van der Waals surface area (Å²) in [5.74, 6) is 0.737. The number of rotatable bonds is 7. The van der Waals surface area contributed by atoms with E-state index in [1.165, 1.54) is 5.56 Å². The van der Waals surface area contributed by atoms with Gasteiger partial charge in [0.15, 0.2) is 0 Å². The minimum Gasteiger partial charge on any atom is -0.491 e. The van der Waals surface area contributed by atoms with Gasteiger partial charge < -0.3 is 10.1 Å². The molecule has 3 rings (SSSR count). The van der Waals surface area contributed by atoms with Crippen LogP contribution in [0.15, 0.2) is 48.5 Å². The van der Waals surface area contributed by atoms with Crippen LogP contribution in [0.1, 0.15) is 38.4 Å². The molecule has 0 spiro atoms. The summed E-state index contributed by atoms with van der Waals surface area (Å²) in [5, 5.41) is 7.49. The second-order valence-electron chi connectivity index (χ2n) is 7.06. The summed E-state index contributed by atoms with van der Waals surface area (Å²) in [6, 6.07) is 16.2. The lowest BCUT2D eigenvalue weighted by atomic mass is 10.1. The molecule has 146 valence electrons. The second-order valence-corrected chi connectivity index (χ2v) is 7.06. The highest BCUT2D eigenvalue weighted by Gasteiger charge is 2.18. The first-order valence-corrected chi connectivity index (χ1v) is 9.52. The zero-order chi connectivity index (χ0) is 20.1. The fourth-order valence-electron chi connectivity index (χ4n) is 3.31. The van der Waals surface area contributed by atoms with Gasteiger partial charge in [-0.2, -0.15) is 5.10 Å². The van der Waals surface area contributed by atoms with Gasteiger partial charge in [-0.3, -0.25) is 9.48 Å². The van der Waals surface area contributed by atoms with Gasteiger partial charge in [0.25, 0.3) is 5.91 Å². The number of aryl methyl sites for hydroxylation is 3. The molecule has 0 fully saturated rings. The molecule has 0 saturated carbocycles. The first-order chi connectivity index (χ1) is 13.5. The van der Waals surface area contributed by atoms with E-state index < -0.39 is 0 Å². The highest BCUT2D eigenvalue weighted by atomic mass is 16.5. The molecule has 5 nitrogen and oxygen atoms in total. The Kier molecular flexibility index (Phi) is 6.14. The molecule has 3 aromatic rings. The van der Waals surface area contributed by atoms with Crippen molar-refractivity contribution < 1.29 is 9.53 Å². The average molecular weight is 377 g/mol. The summed E-state index contributed by atoms with van der Waals surface area (Å²) in [6.45, 7) is 9.39. The fraction of sp³-hybridized carbons (Fsp3) is 0.304. The van der Waals surface area contributed by atoms with Gasteiger partial charge in [-0.05, 0) is 44.9 Å². The van der Waals surface area contributed by atoms with Crippen molar-refractivity contribution in [3.8, 4) is 5.75 Å². The molecule has 1 amide bonds. The Bertz CT molecular complexity index is 961. The first kappa shape index (κ1) is 19.7. The number of hydrogen-bond donors (Lipinski definition) is 1. The third-order valence-electron chi connectivity index (χ3n) is 4.76. The van der Waals surface area contributed by atoms with Crippen molar-refractivity contribution in [2.45, 2.75) is 34.2 Å². The van der Waals surface area contributed by atoms with E-state index in [1.54, 1.807) is 0 Å². The molecule has 5 heteroatoms. The van der Waals surface area contributed by atoms with Gasteiger partial charge in [0.1, 0.15) is 12.4 Å². The maximum Gasteiger partial charge on any atom is 0.255 e. The smallest absolute Gasteiger partial charge is 0.255 e. The maximum atomic E-state index is 12.7. The highest BCUT2D eigenvalue weighted by Crippen LogP contribution is 2.18. The molecule has 1 heterocycles. The molecule has 0 atom stereocenters. The van der Waals surface area contributed by atoms with E-state index >= 15 is 0 Å². The van der Waals surface area contributed by atoms with Crippen LogP contribution < -0.4 is 10.1 Å². The van der Waals surface area contributed by atoms with Crippen molar-refractivity contribution in [3.05, 3.63) is 82.2 Å². The van der Waals surface area contributed by atoms with E-state index in [-0.39, 0.29) is 5.91 Å². The Hall–Kier alpha value is -3.08. The monoisotopic (exact) mass is 377 g/mol. The average Bonchev–Trinajstić information content (AvgIpc) is 2.94. The van der Waals surface area contributed by atoms with Crippen molar-refractivity contribution in [1.29, 1.82) is 0 Å². The summed E-state index contributed by atoms with van der Waals surface area (Å²) in [6.07, 6.45) is 0. The van der Waals surface area contributed by atoms with Crippen molar-refractivity contribution in [2.75, 3.05) is 13.2 Å². The number of hydrogen-bond acceptors (Lipinski definition) is 3. The molecule has 0 bridgehead atoms. The van der Waals surface area contributed by atoms with Gasteiger partial charge >= 0.3 is 0 Å². The van der Waals surface area contributed by atoms with Crippen LogP contribution in [0, 0.1) is 27.7 Å². The summed E-state index contributed by atoms with van der Waals surface area (Å²) in [4.78, 5) is 12.7. The number of carbonyl (C=O) groups excluding carboxylic acids is 1. The quantitative estimate of drug-likeness (QED) is 0.634. The Morgan fingerprint density at radius 2 is 1.82 bits per heavy atom. The molecule has 2 aromatic carbocycles. The van der Waals surface area contributed by atoms with Gasteiger partial charge in [-0.25, -0.2) is 0 Å². The van der Waals surface area contributed by atoms with Crippen molar-refractivity contribution >= 4 is 5.91 Å². The number of amides is 1. The van der Waals surface area contributed by atoms with E-state index in [1.807, 2.05) is 55.8 Å². The van der Waals surface area contributed by atoms with Crippen LogP contribution in [0.3, 0.4) is 0 Å². The van der Waals surface area contributed by atoms with Crippen LogP contribution in [0.25, 0.3) is 0 Å². The molecule has 0 aliphatic rings. The summed E-state index contributed by atoms with van der Waals surface area (Å²) >= 11 is 0. The Balaban J connectivity index is 1.58. The topological polar surface area (TPSA) is 56.1 Å². The van der Waals surface area contributed by atoms with Gasteiger partial charge in [0, 0.05) is 5.69 Å². The maximum absolute atomic E-state index is 12.7. The van der Waals surface area contributed by atoms with E-state index in [2.05, 4.69) is 35.5 Å². The highest BCUT2D eigenvalue weighted by molar-refractivity contribution is 5.96. The normalized spacial score (nSPS) is 10.7. The lowest BCUT2D eigenvalue weighted by molar-refractivity contribution is 0.0945. The standard InChI is InChI=1S/C23H27N3O2/c1-16-10-11-21(17(2)14-16)28-13-12-24-23(27)22-18(3)25-26(19(22)4)15-20-8-6-5-7-9-20/h5-11,14H,12-13,15H2,1-4H3,(H,24,27). The van der Waals surface area contributed by atoms with Crippen molar-refractivity contribution in [3.63, 3.8) is 0 Å². The van der Waals surface area contributed by atoms with E-state index in [0.717, 1.165) is 28.3 Å². The first-order valence-electron chi connectivity index (χ1n) is 9.52. The van der Waals surface area contributed by atoms with Crippen molar-refractivity contribution in [1.82, 2.24) is 15.1 Å². The van der Waals surface area contributed by atoms with E-state index in [9.17, 15) is 4.79 Å². The molecule has 0 aliphatic carbocycles. The number of benzene rings is 2. The largest absolute Gasteiger partial charge is 0.491 e. The van der Waals surface area contributed by atoms with Crippen LogP contribution in [0.2, 0.25) is 0 Å². The van der Waals surface area contributed by atoms with Crippen LogP contribution in [0.4, 0.5) is 0 Å². The van der Waals surface area contributed by atoms with Gasteiger partial charge in [-0.15, -0.1) is 0 Å². The van der Waals surface area contributed by atoms with Crippen LogP contribution in [-0.2, 0) is 6.54 Å². The third kappa shape index (κ3) is 4.60. The summed E-state index contributed by atoms with van der Waals surface area (Å²) < 4.78 is 7.67. The zero-order valence-corrected chi connectivity index (χ0v) is 17.0. The lowest BCUT2D eigenvalue weighted by Crippen LogP contribution is -2.29. The number of ether oxygens (including phenoxy) is 1. The summed E-state index contributed by atoms with van der Waals surface area (Å²) in [7, 11) is 0. The second kappa shape index (κ2) is 8.74. The summed E-state index contributed by atoms with van der Waals surface area (Å²) in [5.41, 5.74) is 5.71. The van der Waals surface area contributed by atoms with Crippen LogP contribution >= 0.6 is 0 Å². The zero-order valence-electron chi connectivity index (χ0n) is 17.0. The Morgan fingerprint density at radius 1 is 1.07 bits per heavy atom. The molecular formula is C23H27N3O2. The van der Waals surface area contributed by atoms with Gasteiger partial charge in [-0.1, -0.05) is 48.0 Å². The molecule has 1 aromatic heterocycles. The van der Waals surface area contributed by atoms with Crippen LogP contribution in [0.5, 0.6) is 5.75 Å².